The Labute approximate surface area is 180 Å². The minimum Gasteiger partial charge on any atom is -0.393 e. The van der Waals surface area contributed by atoms with E-state index < -0.39 is 24.1 Å². The molecule has 0 amide bonds. The van der Waals surface area contributed by atoms with Gasteiger partial charge in [-0.25, -0.2) is 0 Å². The summed E-state index contributed by atoms with van der Waals surface area (Å²) >= 11 is 0. The second-order valence-corrected chi connectivity index (χ2v) is 11.5. The number of aliphatic hydroxyl groups is 1. The second kappa shape index (κ2) is 7.75. The Morgan fingerprint density at radius 2 is 1.96 bits per heavy atom. The summed E-state index contributed by atoms with van der Waals surface area (Å²) in [7, 11) is 0. The van der Waals surface area contributed by atoms with Gasteiger partial charge >= 0.3 is 0 Å². The normalized spacial score (nSPS) is 55.7. The molecular weight excluding hydrogens is 340 g/mol. The summed E-state index contributed by atoms with van der Waals surface area (Å²) in [5.74, 6) is 0.00637. The molecule has 4 aliphatic rings. The van der Waals surface area contributed by atoms with Crippen LogP contribution in [0.4, 0.5) is 0 Å². The van der Waals surface area contributed by atoms with Crippen molar-refractivity contribution in [2.24, 2.45) is 46.3 Å². The van der Waals surface area contributed by atoms with E-state index in [0.29, 0.717) is 11.8 Å². The number of rotatable bonds is 5. The second-order valence-electron chi connectivity index (χ2n) is 11.5. The fourth-order valence-electron chi connectivity index (χ4n) is 7.52. The van der Waals surface area contributed by atoms with Crippen molar-refractivity contribution in [2.45, 2.75) is 111 Å². The third-order valence-electron chi connectivity index (χ3n) is 9.27. The molecule has 0 unspecified atom stereocenters. The summed E-state index contributed by atoms with van der Waals surface area (Å²) < 4.78 is 37.2. The average molecular weight is 391 g/mol. The van der Waals surface area contributed by atoms with Gasteiger partial charge in [-0.2, -0.15) is 0 Å². The quantitative estimate of drug-likeness (QED) is 0.485. The molecule has 0 spiro atoms. The molecule has 1 N–H and O–H groups in total. The van der Waals surface area contributed by atoms with Gasteiger partial charge in [0.2, 0.25) is 0 Å². The van der Waals surface area contributed by atoms with Gasteiger partial charge in [0.05, 0.1) is 6.10 Å². The number of fused-ring (bicyclic) bond motifs is 5. The monoisotopic (exact) mass is 390 g/mol. The molecule has 0 radical (unpaired) electrons. The van der Waals surface area contributed by atoms with Crippen LogP contribution in [0, 0.1) is 46.3 Å². The summed E-state index contributed by atoms with van der Waals surface area (Å²) in [4.78, 5) is 0. The fourth-order valence-corrected chi connectivity index (χ4v) is 7.52. The average Bonchev–Trinajstić information content (AvgIpc) is 2.83. The van der Waals surface area contributed by atoms with Crippen molar-refractivity contribution in [1.82, 2.24) is 0 Å². The Hall–Kier alpha value is -0.300. The van der Waals surface area contributed by atoms with Crippen LogP contribution in [0.15, 0.2) is 11.6 Å². The van der Waals surface area contributed by atoms with E-state index in [1.165, 1.54) is 5.57 Å². The highest BCUT2D eigenvalue weighted by Gasteiger charge is 2.59. The lowest BCUT2D eigenvalue weighted by molar-refractivity contribution is -0.0573. The number of aliphatic hydroxyl groups excluding tert-OH is 1. The Morgan fingerprint density at radius 1 is 1.18 bits per heavy atom. The van der Waals surface area contributed by atoms with E-state index in [4.69, 9.17) is 1.37 Å². The van der Waals surface area contributed by atoms with Crippen molar-refractivity contribution >= 4 is 0 Å². The van der Waals surface area contributed by atoms with Crippen molar-refractivity contribution < 1.29 is 10.6 Å². The molecule has 0 aromatic carbocycles. The van der Waals surface area contributed by atoms with Crippen molar-refractivity contribution in [1.29, 1.82) is 0 Å². The Kier molecular flexibility index (Phi) is 4.54. The lowest BCUT2D eigenvalue weighted by Gasteiger charge is -2.58. The zero-order valence-corrected chi connectivity index (χ0v) is 18.9. The van der Waals surface area contributed by atoms with Gasteiger partial charge in [-0.05, 0) is 97.6 Å². The molecule has 0 bridgehead atoms. The van der Waals surface area contributed by atoms with E-state index in [1.807, 2.05) is 0 Å². The van der Waals surface area contributed by atoms with Gasteiger partial charge in [-0.3, -0.25) is 0 Å². The maximum absolute atomic E-state index is 10.3. The first kappa shape index (κ1) is 16.4. The summed E-state index contributed by atoms with van der Waals surface area (Å²) in [6, 6.07) is 0. The van der Waals surface area contributed by atoms with Gasteiger partial charge in [-0.15, -0.1) is 0 Å². The number of hydrogen-bond acceptors (Lipinski definition) is 1. The molecule has 1 heteroatoms. The number of allylic oxidation sites excluding steroid dienone is 1. The van der Waals surface area contributed by atoms with Gasteiger partial charge in [0, 0.05) is 5.48 Å². The third-order valence-corrected chi connectivity index (χ3v) is 9.27. The molecule has 0 saturated heterocycles. The van der Waals surface area contributed by atoms with Crippen LogP contribution in [0.5, 0.6) is 0 Å². The fraction of sp³-hybridized carbons (Fsp3) is 0.926. The van der Waals surface area contributed by atoms with Crippen LogP contribution in [0.3, 0.4) is 0 Å². The largest absolute Gasteiger partial charge is 0.393 e. The van der Waals surface area contributed by atoms with Crippen LogP contribution < -0.4 is 0 Å². The van der Waals surface area contributed by atoms with E-state index in [1.54, 1.807) is 0 Å². The summed E-state index contributed by atoms with van der Waals surface area (Å²) in [5.41, 5.74) is 0.978. The predicted molar refractivity (Wildman–Crippen MR) is 119 cm³/mol. The van der Waals surface area contributed by atoms with Gasteiger partial charge in [-0.1, -0.05) is 65.5 Å². The summed E-state index contributed by atoms with van der Waals surface area (Å²) in [6.45, 7) is 11.1. The minimum atomic E-state index is -1.64. The van der Waals surface area contributed by atoms with Crippen molar-refractivity contribution in [2.75, 3.05) is 0 Å². The van der Waals surface area contributed by atoms with Crippen molar-refractivity contribution in [3.05, 3.63) is 11.6 Å². The van der Waals surface area contributed by atoms with Crippen LogP contribution >= 0.6 is 0 Å². The highest BCUT2D eigenvalue weighted by Crippen LogP contribution is 2.67. The van der Waals surface area contributed by atoms with E-state index in [2.05, 4.69) is 40.7 Å². The lowest BCUT2D eigenvalue weighted by Crippen LogP contribution is -2.50. The highest BCUT2D eigenvalue weighted by atomic mass is 16.3. The zero-order valence-electron chi connectivity index (χ0n) is 22.9. The molecule has 0 heterocycles. The standard InChI is InChI=1S/C27H46O/c1-18(2)7-6-8-19(3)23-11-12-24-22-10-9-20-17-21(28)13-15-26(20,4)25(22)14-16-27(23,24)5/h9,18-19,21-25,28H,6-8,10-17H2,1-5H3/t19-,21+,22+,23-,24+,25+,26+,27-/m1/s1/i11D,12D2,23D/t11-,19+,21-,22-,23+,24-,25-,26-,27+/m0. The number of hydrogen-bond donors (Lipinski definition) is 1. The minimum absolute atomic E-state index is 0.0282. The smallest absolute Gasteiger partial charge is 0.0577 e. The topological polar surface area (TPSA) is 20.2 Å². The van der Waals surface area contributed by atoms with E-state index in [9.17, 15) is 9.22 Å². The molecule has 0 aromatic heterocycles. The van der Waals surface area contributed by atoms with Crippen LogP contribution in [-0.2, 0) is 0 Å². The molecule has 0 aromatic rings. The first-order chi connectivity index (χ1) is 14.8. The van der Waals surface area contributed by atoms with Gasteiger partial charge in [0.25, 0.3) is 0 Å². The maximum Gasteiger partial charge on any atom is 0.0577 e. The lowest BCUT2D eigenvalue weighted by atomic mass is 9.47. The van der Waals surface area contributed by atoms with Crippen molar-refractivity contribution in [3.8, 4) is 0 Å². The zero-order chi connectivity index (χ0) is 23.7. The van der Waals surface area contributed by atoms with Crippen LogP contribution in [0.1, 0.15) is 111 Å². The first-order valence-corrected chi connectivity index (χ1v) is 12.1. The molecule has 1 nitrogen and oxygen atoms in total. The first-order valence-electron chi connectivity index (χ1n) is 14.2. The summed E-state index contributed by atoms with van der Waals surface area (Å²) in [5, 5.41) is 10.3. The van der Waals surface area contributed by atoms with Gasteiger partial charge in [0.1, 0.15) is 0 Å². The van der Waals surface area contributed by atoms with Gasteiger partial charge in [0.15, 0.2) is 0 Å². The third kappa shape index (κ3) is 3.42. The van der Waals surface area contributed by atoms with Crippen LogP contribution in [0.25, 0.3) is 0 Å². The maximum atomic E-state index is 10.3. The van der Waals surface area contributed by atoms with Crippen LogP contribution in [0.2, 0.25) is 0 Å². The molecular formula is C27H46O. The Bertz CT molecular complexity index is 750. The van der Waals surface area contributed by atoms with Gasteiger partial charge < -0.3 is 5.11 Å². The molecule has 4 rings (SSSR count). The summed E-state index contributed by atoms with van der Waals surface area (Å²) in [6.07, 6.45) is 7.90. The Balaban J connectivity index is 1.68. The van der Waals surface area contributed by atoms with E-state index in [0.717, 1.165) is 57.8 Å². The van der Waals surface area contributed by atoms with Crippen molar-refractivity contribution in [3.63, 3.8) is 0 Å². The predicted octanol–water partition coefficient (Wildman–Crippen LogP) is 7.39. The molecule has 28 heavy (non-hydrogen) atoms. The molecule has 160 valence electrons. The molecule has 0 aliphatic heterocycles. The van der Waals surface area contributed by atoms with Crippen LogP contribution in [-0.4, -0.2) is 11.2 Å². The highest BCUT2D eigenvalue weighted by molar-refractivity contribution is 5.25. The molecule has 9 atom stereocenters. The Morgan fingerprint density at radius 3 is 2.71 bits per heavy atom. The molecule has 3 fully saturated rings. The van der Waals surface area contributed by atoms with E-state index >= 15 is 0 Å². The SMILES string of the molecule is [2H][C@H]1C([2H])([2H])[C@H]2[C@@H]3CC=C4C[C@@H](O)CC[C@]4(C)[C@H]3CC[C@]2(C)[C@@]1([2H])[C@H](C)CCCC(C)C. The molecule has 3 saturated carbocycles. The van der Waals surface area contributed by atoms with E-state index in [-0.39, 0.29) is 29.3 Å². The molecule has 4 aliphatic carbocycles.